The van der Waals surface area contributed by atoms with Crippen LogP contribution in [-0.4, -0.2) is 26.7 Å². The normalized spacial score (nSPS) is 12.8. The van der Waals surface area contributed by atoms with Gasteiger partial charge >= 0.3 is 5.97 Å². The van der Waals surface area contributed by atoms with E-state index in [1.165, 1.54) is 6.92 Å². The molecule has 1 atom stereocenters. The molecule has 1 aromatic rings. The fourth-order valence-corrected chi connectivity index (χ4v) is 3.26. The highest BCUT2D eigenvalue weighted by Gasteiger charge is 2.29. The van der Waals surface area contributed by atoms with Gasteiger partial charge in [0.05, 0.1) is 18.5 Å². The van der Waals surface area contributed by atoms with Crippen molar-refractivity contribution in [3.8, 4) is 0 Å². The summed E-state index contributed by atoms with van der Waals surface area (Å²) >= 11 is 3.23. The molecule has 0 aliphatic carbocycles. The Morgan fingerprint density at radius 1 is 1.47 bits per heavy atom. The third-order valence-corrected chi connectivity index (χ3v) is 4.75. The van der Waals surface area contributed by atoms with Crippen LogP contribution in [0.1, 0.15) is 12.5 Å². The minimum absolute atomic E-state index is 0.210. The van der Waals surface area contributed by atoms with Gasteiger partial charge in [-0.1, -0.05) is 0 Å². The molecular weight excluding hydrogens is 336 g/mol. The van der Waals surface area contributed by atoms with Gasteiger partial charge in [0.25, 0.3) is 0 Å². The Morgan fingerprint density at radius 3 is 2.53 bits per heavy atom. The third kappa shape index (κ3) is 3.60. The molecule has 1 aromatic carbocycles. The van der Waals surface area contributed by atoms with Crippen molar-refractivity contribution in [2.24, 2.45) is 0 Å². The zero-order valence-corrected chi connectivity index (χ0v) is 13.1. The number of halogens is 1. The molecule has 0 aliphatic rings. The van der Waals surface area contributed by atoms with E-state index in [-0.39, 0.29) is 11.4 Å². The summed E-state index contributed by atoms with van der Waals surface area (Å²) in [5.74, 6) is -0.839. The molecule has 0 aromatic heterocycles. The summed E-state index contributed by atoms with van der Waals surface area (Å²) in [6.07, 6.45) is 0. The van der Waals surface area contributed by atoms with E-state index in [4.69, 9.17) is 5.73 Å². The number of ether oxygens (including phenoxy) is 1. The first-order chi connectivity index (χ1) is 8.69. The minimum Gasteiger partial charge on any atom is -0.468 e. The summed E-state index contributed by atoms with van der Waals surface area (Å²) in [5, 5.41) is -1.33. The number of hydrogen-bond acceptors (Lipinski definition) is 5. The number of nitrogen functional groups attached to an aromatic ring is 1. The quantitative estimate of drug-likeness (QED) is 0.635. The molecule has 0 saturated carbocycles. The van der Waals surface area contributed by atoms with Gasteiger partial charge in [0.2, 0.25) is 10.0 Å². The molecule has 0 spiro atoms. The minimum atomic E-state index is -3.92. The molecule has 3 N–H and O–H groups in total. The zero-order chi connectivity index (χ0) is 14.8. The number of carbonyl (C=O) groups is 1. The average molecular weight is 351 g/mol. The number of anilines is 2. The maximum Gasteiger partial charge on any atom is 0.325 e. The number of methoxy groups -OCH3 is 1. The Balaban J connectivity index is 3.13. The molecule has 19 heavy (non-hydrogen) atoms. The standard InChI is InChI=1S/C11H15BrN2O4S/c1-6-4-8(12)10(9(13)5-6)14-19(16,17)7(2)11(15)18-3/h4-5,7,14H,13H2,1-3H3. The third-order valence-electron chi connectivity index (χ3n) is 2.51. The summed E-state index contributed by atoms with van der Waals surface area (Å²) in [5.41, 5.74) is 7.13. The van der Waals surface area contributed by atoms with Crippen LogP contribution < -0.4 is 10.5 Å². The van der Waals surface area contributed by atoms with Gasteiger partial charge < -0.3 is 10.5 Å². The Labute approximate surface area is 120 Å². The van der Waals surface area contributed by atoms with E-state index in [9.17, 15) is 13.2 Å². The van der Waals surface area contributed by atoms with Crippen LogP contribution in [0.3, 0.4) is 0 Å². The molecule has 106 valence electrons. The summed E-state index contributed by atoms with van der Waals surface area (Å²) in [7, 11) is -2.79. The van der Waals surface area contributed by atoms with Crippen molar-refractivity contribution in [2.75, 3.05) is 17.6 Å². The Bertz CT molecular complexity index is 578. The van der Waals surface area contributed by atoms with Crippen molar-refractivity contribution in [1.82, 2.24) is 0 Å². The fourth-order valence-electron chi connectivity index (χ4n) is 1.40. The van der Waals surface area contributed by atoms with Crippen LogP contribution >= 0.6 is 15.9 Å². The van der Waals surface area contributed by atoms with Gasteiger partial charge in [0, 0.05) is 4.47 Å². The van der Waals surface area contributed by atoms with Gasteiger partial charge in [-0.25, -0.2) is 8.42 Å². The predicted octanol–water partition coefficient (Wildman–Crippen LogP) is 1.64. The Kier molecular flexibility index (Phi) is 4.81. The number of hydrogen-bond donors (Lipinski definition) is 2. The van der Waals surface area contributed by atoms with Crippen LogP contribution in [0.2, 0.25) is 0 Å². The maximum atomic E-state index is 12.0. The molecule has 6 nitrogen and oxygen atoms in total. The largest absolute Gasteiger partial charge is 0.468 e. The van der Waals surface area contributed by atoms with Gasteiger partial charge in [-0.05, 0) is 47.5 Å². The van der Waals surface area contributed by atoms with E-state index >= 15 is 0 Å². The van der Waals surface area contributed by atoms with Crippen LogP contribution in [0.4, 0.5) is 11.4 Å². The van der Waals surface area contributed by atoms with Crippen molar-refractivity contribution >= 4 is 43.3 Å². The monoisotopic (exact) mass is 350 g/mol. The van der Waals surface area contributed by atoms with Crippen molar-refractivity contribution in [2.45, 2.75) is 19.1 Å². The van der Waals surface area contributed by atoms with Crippen LogP contribution in [-0.2, 0) is 19.6 Å². The fraction of sp³-hybridized carbons (Fsp3) is 0.364. The second-order valence-corrected chi connectivity index (χ2v) is 6.88. The molecule has 0 radical (unpaired) electrons. The van der Waals surface area contributed by atoms with Gasteiger partial charge in [0.15, 0.2) is 5.25 Å². The van der Waals surface area contributed by atoms with Crippen LogP contribution in [0, 0.1) is 6.92 Å². The summed E-state index contributed by atoms with van der Waals surface area (Å²) in [4.78, 5) is 11.3. The van der Waals surface area contributed by atoms with Crippen LogP contribution in [0.25, 0.3) is 0 Å². The van der Waals surface area contributed by atoms with Gasteiger partial charge in [-0.15, -0.1) is 0 Å². The lowest BCUT2D eigenvalue weighted by Gasteiger charge is -2.16. The van der Waals surface area contributed by atoms with Crippen molar-refractivity contribution in [3.63, 3.8) is 0 Å². The molecular formula is C11H15BrN2O4S. The SMILES string of the molecule is COC(=O)C(C)S(=O)(=O)Nc1c(N)cc(C)cc1Br. The van der Waals surface area contributed by atoms with Crippen molar-refractivity contribution < 1.29 is 17.9 Å². The molecule has 1 unspecified atom stereocenters. The Morgan fingerprint density at radius 2 is 2.05 bits per heavy atom. The van der Waals surface area contributed by atoms with E-state index < -0.39 is 21.2 Å². The van der Waals surface area contributed by atoms with Crippen molar-refractivity contribution in [3.05, 3.63) is 22.2 Å². The molecule has 0 heterocycles. The first-order valence-electron chi connectivity index (χ1n) is 5.34. The second kappa shape index (κ2) is 5.79. The lowest BCUT2D eigenvalue weighted by molar-refractivity contribution is -0.139. The topological polar surface area (TPSA) is 98.5 Å². The van der Waals surface area contributed by atoms with Gasteiger partial charge in [-0.2, -0.15) is 0 Å². The molecule has 0 saturated heterocycles. The number of carbonyl (C=O) groups excluding carboxylic acids is 1. The number of benzene rings is 1. The van der Waals surface area contributed by atoms with Gasteiger partial charge in [0.1, 0.15) is 0 Å². The first kappa shape index (κ1) is 15.8. The highest BCUT2D eigenvalue weighted by molar-refractivity contribution is 9.10. The van der Waals surface area contributed by atoms with E-state index in [0.717, 1.165) is 12.7 Å². The number of rotatable bonds is 4. The first-order valence-corrected chi connectivity index (χ1v) is 7.68. The highest BCUT2D eigenvalue weighted by Crippen LogP contribution is 2.31. The number of sulfonamides is 1. The second-order valence-electron chi connectivity index (χ2n) is 4.02. The number of nitrogens with one attached hydrogen (secondary N) is 1. The van der Waals surface area contributed by atoms with Crippen molar-refractivity contribution in [1.29, 1.82) is 0 Å². The lowest BCUT2D eigenvalue weighted by Crippen LogP contribution is -2.33. The highest BCUT2D eigenvalue weighted by atomic mass is 79.9. The molecule has 0 amide bonds. The Hall–Kier alpha value is -1.28. The summed E-state index contributed by atoms with van der Waals surface area (Å²) in [6.45, 7) is 3.07. The summed E-state index contributed by atoms with van der Waals surface area (Å²) in [6, 6.07) is 3.35. The molecule has 0 fully saturated rings. The van der Waals surface area contributed by atoms with E-state index in [1.807, 2.05) is 6.92 Å². The molecule has 0 bridgehead atoms. The van der Waals surface area contributed by atoms with E-state index in [0.29, 0.717) is 4.47 Å². The number of esters is 1. The summed E-state index contributed by atoms with van der Waals surface area (Å²) < 4.78 is 31.2. The number of aryl methyl sites for hydroxylation is 1. The smallest absolute Gasteiger partial charge is 0.325 e. The van der Waals surface area contributed by atoms with E-state index in [2.05, 4.69) is 25.4 Å². The van der Waals surface area contributed by atoms with Crippen LogP contribution in [0.15, 0.2) is 16.6 Å². The predicted molar refractivity (Wildman–Crippen MR) is 77.3 cm³/mol. The van der Waals surface area contributed by atoms with Gasteiger partial charge in [-0.3, -0.25) is 9.52 Å². The molecule has 8 heteroatoms. The molecule has 1 rings (SSSR count). The lowest BCUT2D eigenvalue weighted by atomic mass is 10.2. The average Bonchev–Trinajstić information content (AvgIpc) is 2.31. The van der Waals surface area contributed by atoms with E-state index in [1.54, 1.807) is 12.1 Å². The number of nitrogens with two attached hydrogens (primary N) is 1. The molecule has 0 aliphatic heterocycles. The maximum absolute atomic E-state index is 12.0. The zero-order valence-electron chi connectivity index (χ0n) is 10.7. The van der Waals surface area contributed by atoms with Crippen LogP contribution in [0.5, 0.6) is 0 Å².